The SMILES string of the molecule is CCc1ccccc1.CN=C/C(=C(\C(C)=O)c1ccc(F)cc1)c1ccc(S(C)(=O)=O)cc1. The number of benzene rings is 3. The van der Waals surface area contributed by atoms with Crippen LogP contribution in [-0.4, -0.2) is 33.7 Å². The van der Waals surface area contributed by atoms with E-state index >= 15 is 0 Å². The van der Waals surface area contributed by atoms with Crippen molar-refractivity contribution in [3.05, 3.63) is 101 Å². The van der Waals surface area contributed by atoms with Gasteiger partial charge in [-0.15, -0.1) is 0 Å². The van der Waals surface area contributed by atoms with Gasteiger partial charge in [0.2, 0.25) is 0 Å². The Morgan fingerprint density at radius 2 is 1.45 bits per heavy atom. The smallest absolute Gasteiger partial charge is 0.175 e. The Bertz CT molecular complexity index is 1230. The highest BCUT2D eigenvalue weighted by Crippen LogP contribution is 2.27. The number of hydrogen-bond acceptors (Lipinski definition) is 4. The highest BCUT2D eigenvalue weighted by Gasteiger charge is 2.16. The van der Waals surface area contributed by atoms with Crippen LogP contribution in [0.15, 0.2) is 88.8 Å². The normalized spacial score (nSPS) is 12.0. The molecule has 0 aliphatic heterocycles. The predicted molar refractivity (Wildman–Crippen MR) is 134 cm³/mol. The van der Waals surface area contributed by atoms with Gasteiger partial charge in [0.25, 0.3) is 0 Å². The van der Waals surface area contributed by atoms with Crippen molar-refractivity contribution in [1.29, 1.82) is 0 Å². The highest BCUT2D eigenvalue weighted by molar-refractivity contribution is 7.90. The van der Waals surface area contributed by atoms with Gasteiger partial charge >= 0.3 is 0 Å². The van der Waals surface area contributed by atoms with Gasteiger partial charge in [0.05, 0.1) is 4.90 Å². The zero-order valence-electron chi connectivity index (χ0n) is 19.2. The van der Waals surface area contributed by atoms with Gasteiger partial charge in [0.15, 0.2) is 15.6 Å². The van der Waals surface area contributed by atoms with E-state index < -0.39 is 15.7 Å². The molecule has 0 amide bonds. The molecule has 0 aromatic heterocycles. The lowest BCUT2D eigenvalue weighted by Crippen LogP contribution is -2.03. The van der Waals surface area contributed by atoms with E-state index in [0.717, 1.165) is 12.7 Å². The van der Waals surface area contributed by atoms with Crippen molar-refractivity contribution in [1.82, 2.24) is 0 Å². The number of carbonyl (C=O) groups is 1. The number of hydrogen-bond donors (Lipinski definition) is 0. The molecule has 0 saturated heterocycles. The van der Waals surface area contributed by atoms with Gasteiger partial charge in [-0.25, -0.2) is 12.8 Å². The minimum Gasteiger partial charge on any atom is -0.296 e. The van der Waals surface area contributed by atoms with Gasteiger partial charge in [-0.2, -0.15) is 0 Å². The molecule has 172 valence electrons. The third-order valence-corrected chi connectivity index (χ3v) is 5.99. The molecule has 0 aliphatic carbocycles. The van der Waals surface area contributed by atoms with E-state index in [-0.39, 0.29) is 10.7 Å². The maximum Gasteiger partial charge on any atom is 0.175 e. The van der Waals surface area contributed by atoms with Gasteiger partial charge in [-0.1, -0.05) is 61.5 Å². The lowest BCUT2D eigenvalue weighted by atomic mass is 9.93. The van der Waals surface area contributed by atoms with E-state index in [9.17, 15) is 17.6 Å². The molecule has 0 atom stereocenters. The Balaban J connectivity index is 0.000000405. The molecule has 0 bridgehead atoms. The first-order valence-corrected chi connectivity index (χ1v) is 12.3. The Hall–Kier alpha value is -3.38. The Labute approximate surface area is 195 Å². The number of aliphatic imine (C=N–C) groups is 1. The second kappa shape index (κ2) is 12.0. The van der Waals surface area contributed by atoms with Gasteiger partial charge in [-0.3, -0.25) is 9.79 Å². The largest absolute Gasteiger partial charge is 0.296 e. The number of Topliss-reactive ketones (excluding diaryl/α,β-unsaturated/α-hetero) is 1. The monoisotopic (exact) mass is 465 g/mol. The van der Waals surface area contributed by atoms with E-state index in [1.54, 1.807) is 19.2 Å². The summed E-state index contributed by atoms with van der Waals surface area (Å²) in [5.41, 5.74) is 3.55. The van der Waals surface area contributed by atoms with Gasteiger partial charge < -0.3 is 0 Å². The highest BCUT2D eigenvalue weighted by atomic mass is 32.2. The van der Waals surface area contributed by atoms with Crippen LogP contribution in [0.4, 0.5) is 4.39 Å². The standard InChI is InChI=1S/C19H18FNO3S.C8H10/c1-13(22)19(15-4-8-16(20)9-5-15)18(12-21-2)14-6-10-17(11-7-14)25(3,23)24;1-2-8-6-4-3-5-7-8/h4-12H,1-3H3;3-7H,2H2,1H3/b19-18-,21-12?;. The van der Waals surface area contributed by atoms with Crippen molar-refractivity contribution in [3.8, 4) is 0 Å². The summed E-state index contributed by atoms with van der Waals surface area (Å²) in [6.07, 6.45) is 3.81. The number of carbonyl (C=O) groups excluding carboxylic acids is 1. The molecule has 6 heteroatoms. The number of allylic oxidation sites excluding steroid dienone is 2. The average molecular weight is 466 g/mol. The zero-order valence-corrected chi connectivity index (χ0v) is 20.1. The van der Waals surface area contributed by atoms with Crippen LogP contribution < -0.4 is 0 Å². The number of sulfone groups is 1. The first-order valence-electron chi connectivity index (χ1n) is 10.4. The molecule has 0 N–H and O–H groups in total. The maximum atomic E-state index is 13.2. The maximum absolute atomic E-state index is 13.2. The predicted octanol–water partition coefficient (Wildman–Crippen LogP) is 5.68. The molecule has 0 saturated carbocycles. The van der Waals surface area contributed by atoms with Crippen molar-refractivity contribution in [3.63, 3.8) is 0 Å². The van der Waals surface area contributed by atoms with Crippen LogP contribution >= 0.6 is 0 Å². The fourth-order valence-electron chi connectivity index (χ4n) is 3.17. The molecule has 3 rings (SSSR count). The second-order valence-corrected chi connectivity index (χ2v) is 9.39. The molecule has 0 spiro atoms. The van der Waals surface area contributed by atoms with Crippen LogP contribution in [0.25, 0.3) is 11.1 Å². The van der Waals surface area contributed by atoms with Crippen LogP contribution in [0.2, 0.25) is 0 Å². The molecule has 0 fully saturated rings. The van der Waals surface area contributed by atoms with Crippen molar-refractivity contribution >= 4 is 33.0 Å². The average Bonchev–Trinajstić information content (AvgIpc) is 2.80. The molecule has 3 aromatic rings. The van der Waals surface area contributed by atoms with Crippen molar-refractivity contribution < 1.29 is 17.6 Å². The first-order chi connectivity index (χ1) is 15.7. The van der Waals surface area contributed by atoms with Crippen molar-refractivity contribution in [2.45, 2.75) is 25.2 Å². The fourth-order valence-corrected chi connectivity index (χ4v) is 3.80. The van der Waals surface area contributed by atoms with E-state index in [4.69, 9.17) is 0 Å². The molecule has 0 radical (unpaired) electrons. The molecule has 3 aromatic carbocycles. The van der Waals surface area contributed by atoms with Gasteiger partial charge in [-0.05, 0) is 54.3 Å². The quantitative estimate of drug-likeness (QED) is 0.267. The lowest BCUT2D eigenvalue weighted by Gasteiger charge is -2.11. The molecule has 0 unspecified atom stereocenters. The Morgan fingerprint density at radius 3 is 1.88 bits per heavy atom. The zero-order chi connectivity index (χ0) is 24.4. The van der Waals surface area contributed by atoms with Crippen LogP contribution in [0.1, 0.15) is 30.5 Å². The Morgan fingerprint density at radius 1 is 0.909 bits per heavy atom. The van der Waals surface area contributed by atoms with Crippen LogP contribution in [0.3, 0.4) is 0 Å². The van der Waals surface area contributed by atoms with E-state index in [0.29, 0.717) is 22.3 Å². The summed E-state index contributed by atoms with van der Waals surface area (Å²) in [4.78, 5) is 16.4. The minimum atomic E-state index is -3.31. The fraction of sp³-hybridized carbons (Fsp3) is 0.185. The summed E-state index contributed by atoms with van der Waals surface area (Å²) in [5, 5.41) is 0. The second-order valence-electron chi connectivity index (χ2n) is 7.37. The van der Waals surface area contributed by atoms with Crippen LogP contribution in [0.5, 0.6) is 0 Å². The molecular weight excluding hydrogens is 437 g/mol. The first kappa shape index (κ1) is 25.9. The summed E-state index contributed by atoms with van der Waals surface area (Å²) in [6, 6.07) is 22.3. The lowest BCUT2D eigenvalue weighted by molar-refractivity contribution is -0.111. The number of rotatable bonds is 6. The molecule has 4 nitrogen and oxygen atoms in total. The minimum absolute atomic E-state index is 0.190. The van der Waals surface area contributed by atoms with E-state index in [1.165, 1.54) is 55.1 Å². The van der Waals surface area contributed by atoms with Crippen molar-refractivity contribution in [2.24, 2.45) is 4.99 Å². The summed E-state index contributed by atoms with van der Waals surface area (Å²) < 4.78 is 36.4. The molecular formula is C27H28FNO3S. The third kappa shape index (κ3) is 7.61. The summed E-state index contributed by atoms with van der Waals surface area (Å²) in [6.45, 7) is 3.59. The number of aryl methyl sites for hydroxylation is 1. The van der Waals surface area contributed by atoms with E-state index in [1.807, 2.05) is 6.07 Å². The van der Waals surface area contributed by atoms with Gasteiger partial charge in [0.1, 0.15) is 5.82 Å². The third-order valence-electron chi connectivity index (χ3n) is 4.86. The van der Waals surface area contributed by atoms with Crippen LogP contribution in [0, 0.1) is 5.82 Å². The molecule has 0 aliphatic rings. The number of halogens is 1. The van der Waals surface area contributed by atoms with Crippen molar-refractivity contribution in [2.75, 3.05) is 13.3 Å². The topological polar surface area (TPSA) is 63.6 Å². The number of nitrogens with zero attached hydrogens (tertiary/aromatic N) is 1. The summed E-state index contributed by atoms with van der Waals surface area (Å²) in [7, 11) is -1.73. The van der Waals surface area contributed by atoms with Gasteiger partial charge in [0, 0.05) is 30.7 Å². The summed E-state index contributed by atoms with van der Waals surface area (Å²) >= 11 is 0. The van der Waals surface area contributed by atoms with Crippen LogP contribution in [-0.2, 0) is 21.1 Å². The Kier molecular flexibility index (Phi) is 9.43. The summed E-state index contributed by atoms with van der Waals surface area (Å²) in [5.74, 6) is -0.594. The molecule has 33 heavy (non-hydrogen) atoms. The van der Waals surface area contributed by atoms with E-state index in [2.05, 4.69) is 36.2 Å². The molecule has 0 heterocycles. The number of ketones is 1.